The lowest BCUT2D eigenvalue weighted by molar-refractivity contribution is 0.468. The molecule has 2 aromatic carbocycles. The molecule has 30 heavy (non-hydrogen) atoms. The zero-order valence-electron chi connectivity index (χ0n) is 16.4. The van der Waals surface area contributed by atoms with Crippen LogP contribution in [0.25, 0.3) is 22.5 Å². The van der Waals surface area contributed by atoms with Gasteiger partial charge in [-0.25, -0.2) is 9.97 Å². The second kappa shape index (κ2) is 10.1. The number of halogens is 4. The van der Waals surface area contributed by atoms with Crippen LogP contribution in [0.4, 0.5) is 0 Å². The van der Waals surface area contributed by atoms with E-state index in [1.54, 1.807) is 0 Å². The molecule has 0 radical (unpaired) electrons. The Morgan fingerprint density at radius 1 is 0.633 bits per heavy atom. The minimum atomic E-state index is 0.160. The normalized spacial score (nSPS) is 11.1. The SMILES string of the molecule is CCCc1nc(-c2cc(Br)c(O)c(Br)c2)c(CCC)nc1-c1cc(Br)c(O)c(Br)c1. The van der Waals surface area contributed by atoms with Crippen LogP contribution in [0.1, 0.15) is 38.1 Å². The maximum Gasteiger partial charge on any atom is 0.143 e. The van der Waals surface area contributed by atoms with Gasteiger partial charge in [0.2, 0.25) is 0 Å². The van der Waals surface area contributed by atoms with E-state index in [0.717, 1.165) is 59.6 Å². The fraction of sp³-hybridized carbons (Fsp3) is 0.273. The van der Waals surface area contributed by atoms with E-state index < -0.39 is 0 Å². The lowest BCUT2D eigenvalue weighted by Gasteiger charge is -2.16. The van der Waals surface area contributed by atoms with Crippen LogP contribution in [-0.2, 0) is 12.8 Å². The first kappa shape index (κ1) is 23.7. The minimum absolute atomic E-state index is 0.160. The molecule has 1 aromatic heterocycles. The highest BCUT2D eigenvalue weighted by atomic mass is 79.9. The summed E-state index contributed by atoms with van der Waals surface area (Å²) in [5.74, 6) is 0.320. The summed E-state index contributed by atoms with van der Waals surface area (Å²) in [5.41, 5.74) is 5.22. The molecule has 158 valence electrons. The fourth-order valence-corrected chi connectivity index (χ4v) is 5.57. The molecule has 0 fully saturated rings. The minimum Gasteiger partial charge on any atom is -0.506 e. The summed E-state index contributed by atoms with van der Waals surface area (Å²) in [6.07, 6.45) is 3.41. The highest BCUT2D eigenvalue weighted by Crippen LogP contribution is 2.40. The molecule has 0 bridgehead atoms. The Labute approximate surface area is 209 Å². The van der Waals surface area contributed by atoms with Crippen molar-refractivity contribution in [2.45, 2.75) is 39.5 Å². The molecule has 0 aliphatic rings. The number of hydrogen-bond acceptors (Lipinski definition) is 4. The highest BCUT2D eigenvalue weighted by molar-refractivity contribution is 9.11. The molecule has 1 heterocycles. The van der Waals surface area contributed by atoms with Crippen LogP contribution in [0.15, 0.2) is 42.2 Å². The van der Waals surface area contributed by atoms with Crippen LogP contribution in [0.5, 0.6) is 11.5 Å². The second-order valence-electron chi connectivity index (χ2n) is 6.89. The van der Waals surface area contributed by atoms with Gasteiger partial charge in [-0.05, 0) is 101 Å². The summed E-state index contributed by atoms with van der Waals surface area (Å²) in [5, 5.41) is 20.2. The van der Waals surface area contributed by atoms with Crippen LogP contribution in [-0.4, -0.2) is 20.2 Å². The van der Waals surface area contributed by atoms with Crippen LogP contribution >= 0.6 is 63.7 Å². The number of phenolic OH excluding ortho intramolecular Hbond substituents is 2. The molecular weight excluding hydrogens is 644 g/mol. The Balaban J connectivity index is 2.27. The van der Waals surface area contributed by atoms with Crippen LogP contribution in [0.2, 0.25) is 0 Å². The topological polar surface area (TPSA) is 66.2 Å². The van der Waals surface area contributed by atoms with Gasteiger partial charge in [0.05, 0.1) is 40.7 Å². The van der Waals surface area contributed by atoms with Crippen molar-refractivity contribution < 1.29 is 10.2 Å². The number of nitrogens with zero attached hydrogens (tertiary/aromatic N) is 2. The average molecular weight is 664 g/mol. The van der Waals surface area contributed by atoms with Gasteiger partial charge in [-0.3, -0.25) is 0 Å². The Bertz CT molecular complexity index is 969. The quantitative estimate of drug-likeness (QED) is 0.279. The zero-order valence-corrected chi connectivity index (χ0v) is 22.8. The van der Waals surface area contributed by atoms with Crippen molar-refractivity contribution in [2.75, 3.05) is 0 Å². The predicted octanol–water partition coefficient (Wildman–Crippen LogP) is 8.18. The second-order valence-corrected chi connectivity index (χ2v) is 10.3. The van der Waals surface area contributed by atoms with Crippen molar-refractivity contribution in [1.29, 1.82) is 0 Å². The number of phenols is 2. The maximum atomic E-state index is 10.1. The molecule has 8 heteroatoms. The van der Waals surface area contributed by atoms with Crippen LogP contribution in [0.3, 0.4) is 0 Å². The van der Waals surface area contributed by atoms with Crippen molar-refractivity contribution in [3.8, 4) is 34.0 Å². The average Bonchev–Trinajstić information content (AvgIpc) is 2.70. The molecule has 0 atom stereocenters. The van der Waals surface area contributed by atoms with Gasteiger partial charge in [-0.1, -0.05) is 26.7 Å². The zero-order chi connectivity index (χ0) is 22.0. The third kappa shape index (κ3) is 4.92. The summed E-state index contributed by atoms with van der Waals surface area (Å²) in [6.45, 7) is 4.23. The molecule has 2 N–H and O–H groups in total. The lowest BCUT2D eigenvalue weighted by atomic mass is 10.0. The standard InChI is InChI=1S/C22H20Br4N2O2/c1-3-5-17-19(11-7-13(23)21(29)14(24)8-11)28-18(6-4-2)20(27-17)12-9-15(25)22(30)16(26)10-12/h7-10,29-30H,3-6H2,1-2H3. The van der Waals surface area contributed by atoms with Crippen LogP contribution < -0.4 is 0 Å². The number of aryl methyl sites for hydroxylation is 2. The summed E-state index contributed by atoms with van der Waals surface area (Å²) in [6, 6.07) is 7.47. The number of aromatic hydroxyl groups is 2. The number of hydrogen-bond donors (Lipinski definition) is 2. The summed E-state index contributed by atoms with van der Waals surface area (Å²) >= 11 is 13.7. The summed E-state index contributed by atoms with van der Waals surface area (Å²) in [7, 11) is 0. The predicted molar refractivity (Wildman–Crippen MR) is 135 cm³/mol. The van der Waals surface area contributed by atoms with Gasteiger partial charge in [-0.2, -0.15) is 0 Å². The molecule has 0 saturated heterocycles. The van der Waals surface area contributed by atoms with E-state index >= 15 is 0 Å². The molecule has 0 amide bonds. The van der Waals surface area contributed by atoms with Gasteiger partial charge < -0.3 is 10.2 Å². The number of rotatable bonds is 6. The molecule has 3 rings (SSSR count). The smallest absolute Gasteiger partial charge is 0.143 e. The third-order valence-electron chi connectivity index (χ3n) is 4.59. The van der Waals surface area contributed by atoms with E-state index in [-0.39, 0.29) is 11.5 Å². The number of benzene rings is 2. The largest absolute Gasteiger partial charge is 0.506 e. The molecule has 0 saturated carbocycles. The Morgan fingerprint density at radius 3 is 1.20 bits per heavy atom. The van der Waals surface area contributed by atoms with E-state index in [0.29, 0.717) is 17.9 Å². The van der Waals surface area contributed by atoms with E-state index in [2.05, 4.69) is 77.6 Å². The van der Waals surface area contributed by atoms with E-state index in [9.17, 15) is 10.2 Å². The first-order valence-corrected chi connectivity index (χ1v) is 12.7. The molecule has 4 nitrogen and oxygen atoms in total. The first-order chi connectivity index (χ1) is 14.3. The first-order valence-electron chi connectivity index (χ1n) is 9.53. The summed E-state index contributed by atoms with van der Waals surface area (Å²) in [4.78, 5) is 10.1. The van der Waals surface area contributed by atoms with Crippen molar-refractivity contribution in [1.82, 2.24) is 9.97 Å². The van der Waals surface area contributed by atoms with Crippen molar-refractivity contribution in [3.05, 3.63) is 53.5 Å². The van der Waals surface area contributed by atoms with Crippen molar-refractivity contribution >= 4 is 63.7 Å². The summed E-state index contributed by atoms with van der Waals surface area (Å²) < 4.78 is 2.40. The van der Waals surface area contributed by atoms with Gasteiger partial charge in [0.1, 0.15) is 11.5 Å². The molecule has 3 aromatic rings. The van der Waals surface area contributed by atoms with Gasteiger partial charge in [0.15, 0.2) is 0 Å². The molecule has 0 unspecified atom stereocenters. The monoisotopic (exact) mass is 660 g/mol. The van der Waals surface area contributed by atoms with Gasteiger partial charge in [-0.15, -0.1) is 0 Å². The Hall–Kier alpha value is -0.960. The molecule has 0 spiro atoms. The Kier molecular flexibility index (Phi) is 7.98. The van der Waals surface area contributed by atoms with Gasteiger partial charge in [0.25, 0.3) is 0 Å². The fourth-order valence-electron chi connectivity index (χ4n) is 3.19. The lowest BCUT2D eigenvalue weighted by Crippen LogP contribution is -2.06. The van der Waals surface area contributed by atoms with Crippen molar-refractivity contribution in [2.24, 2.45) is 0 Å². The number of aromatic nitrogens is 2. The van der Waals surface area contributed by atoms with Gasteiger partial charge in [0, 0.05) is 11.1 Å². The van der Waals surface area contributed by atoms with E-state index in [4.69, 9.17) is 9.97 Å². The molecule has 0 aliphatic carbocycles. The van der Waals surface area contributed by atoms with E-state index in [1.807, 2.05) is 24.3 Å². The highest BCUT2D eigenvalue weighted by Gasteiger charge is 2.19. The van der Waals surface area contributed by atoms with Crippen LogP contribution in [0, 0.1) is 0 Å². The Morgan fingerprint density at radius 2 is 0.933 bits per heavy atom. The molecule has 0 aliphatic heterocycles. The van der Waals surface area contributed by atoms with E-state index in [1.165, 1.54) is 0 Å². The van der Waals surface area contributed by atoms with Crippen molar-refractivity contribution in [3.63, 3.8) is 0 Å². The maximum absolute atomic E-state index is 10.1. The van der Waals surface area contributed by atoms with Gasteiger partial charge >= 0.3 is 0 Å². The third-order valence-corrected chi connectivity index (χ3v) is 7.01. The molecular formula is C22H20Br4N2O2.